The lowest BCUT2D eigenvalue weighted by Crippen LogP contribution is -2.11. The molecule has 0 aromatic rings. The van der Waals surface area contributed by atoms with E-state index < -0.39 is 11.9 Å². The first-order chi connectivity index (χ1) is 5.70. The molecule has 70 valence electrons. The Morgan fingerprint density at radius 2 is 1.92 bits per heavy atom. The Kier molecular flexibility index (Phi) is 6.00. The normalized spacial score (nSPS) is 9.17. The Hall–Kier alpha value is -1.10. The molecule has 0 spiro atoms. The third kappa shape index (κ3) is 5.67. The summed E-state index contributed by atoms with van der Waals surface area (Å²) in [7, 11) is 1.26. The van der Waals surface area contributed by atoms with Crippen molar-refractivity contribution in [2.45, 2.75) is 12.8 Å². The second-order valence-electron chi connectivity index (χ2n) is 2.02. The molecule has 0 aromatic heterocycles. The van der Waals surface area contributed by atoms with Crippen LogP contribution >= 0.6 is 0 Å². The van der Waals surface area contributed by atoms with Crippen molar-refractivity contribution in [1.29, 1.82) is 0 Å². The van der Waals surface area contributed by atoms with E-state index in [0.717, 1.165) is 0 Å². The van der Waals surface area contributed by atoms with Crippen molar-refractivity contribution in [3.05, 3.63) is 0 Å². The molecule has 0 unspecified atom stereocenters. The van der Waals surface area contributed by atoms with Crippen LogP contribution in [0.25, 0.3) is 0 Å². The quantitative estimate of drug-likeness (QED) is 0.570. The summed E-state index contributed by atoms with van der Waals surface area (Å²) in [6.07, 6.45) is 0.00877. The van der Waals surface area contributed by atoms with Gasteiger partial charge >= 0.3 is 11.9 Å². The maximum Gasteiger partial charge on any atom is 0.308 e. The van der Waals surface area contributed by atoms with E-state index in [1.807, 2.05) is 0 Å². The van der Waals surface area contributed by atoms with Gasteiger partial charge in [0, 0.05) is 0 Å². The first kappa shape index (κ1) is 10.9. The molecule has 0 aliphatic heterocycles. The summed E-state index contributed by atoms with van der Waals surface area (Å²) in [5.74, 6) is -0.937. The Morgan fingerprint density at radius 3 is 2.42 bits per heavy atom. The molecule has 0 saturated carbocycles. The van der Waals surface area contributed by atoms with Crippen LogP contribution < -0.4 is 0 Å². The minimum absolute atomic E-state index is 0.00546. The van der Waals surface area contributed by atoms with E-state index >= 15 is 0 Å². The van der Waals surface area contributed by atoms with Crippen LogP contribution in [0.4, 0.5) is 0 Å². The Balaban J connectivity index is 3.30. The van der Waals surface area contributed by atoms with Crippen LogP contribution in [0.2, 0.25) is 0 Å². The maximum absolute atomic E-state index is 10.6. The van der Waals surface area contributed by atoms with Gasteiger partial charge in [0.05, 0.1) is 26.6 Å². The molecule has 0 aromatic carbocycles. The first-order valence-electron chi connectivity index (χ1n) is 3.54. The molecule has 0 radical (unpaired) electrons. The third-order valence-electron chi connectivity index (χ3n) is 1.11. The lowest BCUT2D eigenvalue weighted by Gasteiger charge is -2.01. The summed E-state index contributed by atoms with van der Waals surface area (Å²) in [4.78, 5) is 21.1. The molecule has 0 amide bonds. The van der Waals surface area contributed by atoms with E-state index in [-0.39, 0.29) is 26.1 Å². The van der Waals surface area contributed by atoms with Crippen molar-refractivity contribution in [3.8, 4) is 0 Å². The van der Waals surface area contributed by atoms with E-state index in [4.69, 9.17) is 5.11 Å². The largest absolute Gasteiger partial charge is 0.469 e. The SMILES string of the molecule is COC(=O)CCOC(=O)CCO. The highest BCUT2D eigenvalue weighted by Crippen LogP contribution is 1.89. The lowest BCUT2D eigenvalue weighted by molar-refractivity contribution is -0.148. The predicted octanol–water partition coefficient (Wildman–Crippen LogP) is -0.525. The summed E-state index contributed by atoms with van der Waals surface area (Å²) < 4.78 is 8.87. The van der Waals surface area contributed by atoms with E-state index in [1.54, 1.807) is 0 Å². The number of aliphatic hydroxyl groups excluding tert-OH is 1. The van der Waals surface area contributed by atoms with E-state index in [2.05, 4.69) is 9.47 Å². The fourth-order valence-corrected chi connectivity index (χ4v) is 0.514. The molecule has 0 saturated heterocycles. The van der Waals surface area contributed by atoms with Crippen molar-refractivity contribution in [1.82, 2.24) is 0 Å². The molecule has 1 N–H and O–H groups in total. The van der Waals surface area contributed by atoms with Crippen LogP contribution in [0.15, 0.2) is 0 Å². The number of hydrogen-bond donors (Lipinski definition) is 1. The molecule has 0 atom stereocenters. The molecule has 0 fully saturated rings. The number of carbonyl (C=O) groups is 2. The number of methoxy groups -OCH3 is 1. The van der Waals surface area contributed by atoms with E-state index in [0.29, 0.717) is 0 Å². The number of hydrogen-bond acceptors (Lipinski definition) is 5. The number of rotatable bonds is 5. The lowest BCUT2D eigenvalue weighted by atomic mass is 10.4. The number of aliphatic hydroxyl groups is 1. The molecular formula is C7H12O5. The van der Waals surface area contributed by atoms with Gasteiger partial charge < -0.3 is 14.6 Å². The number of ether oxygens (including phenoxy) is 2. The van der Waals surface area contributed by atoms with Gasteiger partial charge in [-0.05, 0) is 0 Å². The van der Waals surface area contributed by atoms with E-state index in [9.17, 15) is 9.59 Å². The Morgan fingerprint density at radius 1 is 1.25 bits per heavy atom. The van der Waals surface area contributed by atoms with Crippen LogP contribution in [0.3, 0.4) is 0 Å². The minimum atomic E-state index is -0.513. The molecular weight excluding hydrogens is 164 g/mol. The zero-order valence-electron chi connectivity index (χ0n) is 6.91. The fraction of sp³-hybridized carbons (Fsp3) is 0.714. The van der Waals surface area contributed by atoms with E-state index in [1.165, 1.54) is 7.11 Å². The molecule has 0 heterocycles. The highest BCUT2D eigenvalue weighted by molar-refractivity contribution is 5.71. The van der Waals surface area contributed by atoms with Crippen LogP contribution in [-0.4, -0.2) is 37.4 Å². The zero-order chi connectivity index (χ0) is 9.40. The van der Waals surface area contributed by atoms with Crippen molar-refractivity contribution >= 4 is 11.9 Å². The van der Waals surface area contributed by atoms with Crippen LogP contribution in [0, 0.1) is 0 Å². The summed E-state index contributed by atoms with van der Waals surface area (Å²) >= 11 is 0. The monoisotopic (exact) mass is 176 g/mol. The van der Waals surface area contributed by atoms with Crippen molar-refractivity contribution in [2.75, 3.05) is 20.3 Å². The molecule has 0 aliphatic rings. The van der Waals surface area contributed by atoms with Gasteiger partial charge in [0.25, 0.3) is 0 Å². The van der Waals surface area contributed by atoms with Gasteiger partial charge in [-0.1, -0.05) is 0 Å². The van der Waals surface area contributed by atoms with Gasteiger partial charge in [-0.2, -0.15) is 0 Å². The zero-order valence-corrected chi connectivity index (χ0v) is 6.91. The average molecular weight is 176 g/mol. The molecule has 5 heteroatoms. The molecule has 0 rings (SSSR count). The molecule has 0 aliphatic carbocycles. The maximum atomic E-state index is 10.6. The summed E-state index contributed by atoms with van der Waals surface area (Å²) in [6.45, 7) is -0.234. The van der Waals surface area contributed by atoms with Gasteiger partial charge in [0.2, 0.25) is 0 Å². The summed E-state index contributed by atoms with van der Waals surface area (Å²) in [5.41, 5.74) is 0. The minimum Gasteiger partial charge on any atom is -0.469 e. The molecule has 12 heavy (non-hydrogen) atoms. The Labute approximate surface area is 70.3 Å². The van der Waals surface area contributed by atoms with Crippen LogP contribution in [0.5, 0.6) is 0 Å². The standard InChI is InChI=1S/C7H12O5/c1-11-6(9)3-5-12-7(10)2-4-8/h8H,2-5H2,1H3. The van der Waals surface area contributed by atoms with Crippen LogP contribution in [-0.2, 0) is 19.1 Å². The van der Waals surface area contributed by atoms with Gasteiger partial charge in [0.15, 0.2) is 0 Å². The van der Waals surface area contributed by atoms with Gasteiger partial charge in [-0.25, -0.2) is 0 Å². The Bertz CT molecular complexity index is 154. The molecule has 5 nitrogen and oxygen atoms in total. The van der Waals surface area contributed by atoms with Crippen LogP contribution in [0.1, 0.15) is 12.8 Å². The van der Waals surface area contributed by atoms with Crippen molar-refractivity contribution in [3.63, 3.8) is 0 Å². The third-order valence-corrected chi connectivity index (χ3v) is 1.11. The topological polar surface area (TPSA) is 72.8 Å². The molecule has 0 bridgehead atoms. The van der Waals surface area contributed by atoms with Gasteiger partial charge in [-0.3, -0.25) is 9.59 Å². The van der Waals surface area contributed by atoms with Crippen molar-refractivity contribution in [2.24, 2.45) is 0 Å². The second-order valence-corrected chi connectivity index (χ2v) is 2.02. The number of carbonyl (C=O) groups excluding carboxylic acids is 2. The number of esters is 2. The highest BCUT2D eigenvalue weighted by atomic mass is 16.5. The second kappa shape index (κ2) is 6.60. The van der Waals surface area contributed by atoms with Gasteiger partial charge in [0.1, 0.15) is 6.61 Å². The fourth-order valence-electron chi connectivity index (χ4n) is 0.514. The predicted molar refractivity (Wildman–Crippen MR) is 39.3 cm³/mol. The van der Waals surface area contributed by atoms with Gasteiger partial charge in [-0.15, -0.1) is 0 Å². The summed E-state index contributed by atoms with van der Waals surface area (Å²) in [6, 6.07) is 0. The first-order valence-corrected chi connectivity index (χ1v) is 3.54. The highest BCUT2D eigenvalue weighted by Gasteiger charge is 2.04. The summed E-state index contributed by atoms with van der Waals surface area (Å²) in [5, 5.41) is 8.30. The smallest absolute Gasteiger partial charge is 0.308 e. The average Bonchev–Trinajstić information content (AvgIpc) is 2.04. The van der Waals surface area contributed by atoms with Crippen molar-refractivity contribution < 1.29 is 24.2 Å².